The molecule has 2 heterocycles. The van der Waals surface area contributed by atoms with Gasteiger partial charge in [-0.15, -0.1) is 0 Å². The molecule has 0 aromatic rings. The molecule has 118 valence electrons. The Bertz CT molecular complexity index is 255. The maximum atomic E-state index is 9.14. The van der Waals surface area contributed by atoms with E-state index in [9.17, 15) is 0 Å². The molecule has 0 radical (unpaired) electrons. The lowest BCUT2D eigenvalue weighted by atomic mass is 9.84. The van der Waals surface area contributed by atoms with Gasteiger partial charge < -0.3 is 19.9 Å². The van der Waals surface area contributed by atoms with E-state index in [1.165, 1.54) is 12.8 Å². The van der Waals surface area contributed by atoms with Crippen molar-refractivity contribution < 1.29 is 14.6 Å². The molecule has 0 aromatic carbocycles. The van der Waals surface area contributed by atoms with E-state index in [1.54, 1.807) is 0 Å². The summed E-state index contributed by atoms with van der Waals surface area (Å²) in [7, 11) is 0. The Morgan fingerprint density at radius 2 is 2.05 bits per heavy atom. The summed E-state index contributed by atoms with van der Waals surface area (Å²) in [4.78, 5) is 0. The molecule has 0 saturated carbocycles. The van der Waals surface area contributed by atoms with Crippen molar-refractivity contribution in [2.75, 3.05) is 33.0 Å². The van der Waals surface area contributed by atoms with Crippen LogP contribution in [0, 0.1) is 5.92 Å². The summed E-state index contributed by atoms with van der Waals surface area (Å²) in [6.07, 6.45) is 7.63. The fraction of sp³-hybridized carbons (Fsp3) is 1.00. The highest BCUT2D eigenvalue weighted by molar-refractivity contribution is 4.91. The summed E-state index contributed by atoms with van der Waals surface area (Å²) >= 11 is 0. The minimum atomic E-state index is 0.0748. The van der Waals surface area contributed by atoms with Crippen LogP contribution in [0.1, 0.15) is 51.9 Å². The number of rotatable bonds is 7. The topological polar surface area (TPSA) is 50.7 Å². The van der Waals surface area contributed by atoms with Gasteiger partial charge in [-0.25, -0.2) is 0 Å². The first-order valence-corrected chi connectivity index (χ1v) is 8.34. The Hall–Kier alpha value is -0.160. The third kappa shape index (κ3) is 4.69. The molecule has 0 amide bonds. The second kappa shape index (κ2) is 8.32. The van der Waals surface area contributed by atoms with E-state index in [1.807, 2.05) is 0 Å². The zero-order chi connectivity index (χ0) is 14.3. The third-order valence-corrected chi connectivity index (χ3v) is 4.83. The van der Waals surface area contributed by atoms with Gasteiger partial charge in [-0.05, 0) is 51.0 Å². The van der Waals surface area contributed by atoms with Gasteiger partial charge in [0.15, 0.2) is 0 Å². The van der Waals surface area contributed by atoms with Gasteiger partial charge in [0.05, 0.1) is 5.60 Å². The summed E-state index contributed by atoms with van der Waals surface area (Å²) in [5.41, 5.74) is 0.0748. The molecule has 0 aliphatic carbocycles. The minimum Gasteiger partial charge on any atom is -0.396 e. The number of nitrogens with one attached hydrogen (secondary N) is 1. The molecular formula is C16H31NO3. The molecule has 1 spiro atoms. The molecule has 2 aliphatic rings. The summed E-state index contributed by atoms with van der Waals surface area (Å²) in [6, 6.07) is 0.569. The average molecular weight is 285 g/mol. The zero-order valence-electron chi connectivity index (χ0n) is 12.9. The first-order valence-electron chi connectivity index (χ1n) is 8.34. The Morgan fingerprint density at radius 3 is 2.75 bits per heavy atom. The number of aliphatic hydroxyl groups excluding tert-OH is 1. The Kier molecular flexibility index (Phi) is 6.75. The highest BCUT2D eigenvalue weighted by Gasteiger charge is 2.38. The third-order valence-electron chi connectivity index (χ3n) is 4.83. The van der Waals surface area contributed by atoms with Crippen LogP contribution in [0.3, 0.4) is 0 Å². The van der Waals surface area contributed by atoms with Crippen LogP contribution in [0.4, 0.5) is 0 Å². The summed E-state index contributed by atoms with van der Waals surface area (Å²) in [5, 5.41) is 12.9. The molecular weight excluding hydrogens is 254 g/mol. The highest BCUT2D eigenvalue weighted by atomic mass is 16.5. The van der Waals surface area contributed by atoms with Crippen LogP contribution in [-0.2, 0) is 9.47 Å². The van der Waals surface area contributed by atoms with Crippen LogP contribution < -0.4 is 5.32 Å². The molecule has 4 nitrogen and oxygen atoms in total. The van der Waals surface area contributed by atoms with E-state index in [-0.39, 0.29) is 5.60 Å². The van der Waals surface area contributed by atoms with Gasteiger partial charge in [0.2, 0.25) is 0 Å². The van der Waals surface area contributed by atoms with Crippen molar-refractivity contribution in [1.29, 1.82) is 0 Å². The molecule has 2 atom stereocenters. The average Bonchev–Trinajstić information content (AvgIpc) is 2.46. The molecule has 0 bridgehead atoms. The lowest BCUT2D eigenvalue weighted by Crippen LogP contribution is -2.50. The standard InChI is InChI=1S/C16H31NO3/c1-2-3-14(4-8-18)13-17-15-5-9-20-16(12-15)6-10-19-11-7-16/h14-15,17-18H,2-13H2,1H3. The van der Waals surface area contributed by atoms with E-state index in [0.717, 1.165) is 58.5 Å². The van der Waals surface area contributed by atoms with Crippen molar-refractivity contribution in [2.45, 2.75) is 63.5 Å². The number of hydrogen-bond donors (Lipinski definition) is 2. The predicted molar refractivity (Wildman–Crippen MR) is 79.9 cm³/mol. The quantitative estimate of drug-likeness (QED) is 0.752. The summed E-state index contributed by atoms with van der Waals surface area (Å²) < 4.78 is 11.5. The molecule has 4 heteroatoms. The normalized spacial score (nSPS) is 27.6. The van der Waals surface area contributed by atoms with Crippen LogP contribution in [0.25, 0.3) is 0 Å². The molecule has 2 aliphatic heterocycles. The van der Waals surface area contributed by atoms with Gasteiger partial charge >= 0.3 is 0 Å². The van der Waals surface area contributed by atoms with E-state index in [2.05, 4.69) is 12.2 Å². The summed E-state index contributed by atoms with van der Waals surface area (Å²) in [6.45, 7) is 6.12. The maximum absolute atomic E-state index is 9.14. The maximum Gasteiger partial charge on any atom is 0.0741 e. The predicted octanol–water partition coefficient (Wildman–Crippen LogP) is 2.10. The van der Waals surface area contributed by atoms with Crippen molar-refractivity contribution in [3.63, 3.8) is 0 Å². The minimum absolute atomic E-state index is 0.0748. The highest BCUT2D eigenvalue weighted by Crippen LogP contribution is 2.34. The second-order valence-corrected chi connectivity index (χ2v) is 6.41. The largest absolute Gasteiger partial charge is 0.396 e. The molecule has 2 rings (SSSR count). The fourth-order valence-electron chi connectivity index (χ4n) is 3.57. The van der Waals surface area contributed by atoms with Gasteiger partial charge in [-0.1, -0.05) is 13.3 Å². The van der Waals surface area contributed by atoms with Gasteiger partial charge in [0, 0.05) is 32.5 Å². The lowest BCUT2D eigenvalue weighted by molar-refractivity contribution is -0.140. The molecule has 20 heavy (non-hydrogen) atoms. The number of ether oxygens (including phenoxy) is 2. The fourth-order valence-corrected chi connectivity index (χ4v) is 3.57. The first-order chi connectivity index (χ1) is 9.78. The molecule has 2 saturated heterocycles. The van der Waals surface area contributed by atoms with Gasteiger partial charge in [-0.2, -0.15) is 0 Å². The van der Waals surface area contributed by atoms with Crippen molar-refractivity contribution in [2.24, 2.45) is 5.92 Å². The van der Waals surface area contributed by atoms with Crippen molar-refractivity contribution in [3.05, 3.63) is 0 Å². The number of hydrogen-bond acceptors (Lipinski definition) is 4. The Labute approximate surface area is 123 Å². The van der Waals surface area contributed by atoms with Gasteiger partial charge in [0.25, 0.3) is 0 Å². The van der Waals surface area contributed by atoms with Crippen LogP contribution in [0.2, 0.25) is 0 Å². The van der Waals surface area contributed by atoms with Crippen LogP contribution >= 0.6 is 0 Å². The summed E-state index contributed by atoms with van der Waals surface area (Å²) in [5.74, 6) is 0.610. The molecule has 0 aromatic heterocycles. The SMILES string of the molecule is CCCC(CCO)CNC1CCOC2(CCOCC2)C1. The Balaban J connectivity index is 1.77. The van der Waals surface area contributed by atoms with Crippen LogP contribution in [0.5, 0.6) is 0 Å². The van der Waals surface area contributed by atoms with E-state index in [0.29, 0.717) is 18.6 Å². The second-order valence-electron chi connectivity index (χ2n) is 6.41. The first kappa shape index (κ1) is 16.2. The molecule has 2 N–H and O–H groups in total. The van der Waals surface area contributed by atoms with Crippen LogP contribution in [0.15, 0.2) is 0 Å². The lowest BCUT2D eigenvalue weighted by Gasteiger charge is -2.43. The van der Waals surface area contributed by atoms with E-state index >= 15 is 0 Å². The molecule has 2 unspecified atom stereocenters. The van der Waals surface area contributed by atoms with E-state index < -0.39 is 0 Å². The van der Waals surface area contributed by atoms with Crippen molar-refractivity contribution in [1.82, 2.24) is 5.32 Å². The van der Waals surface area contributed by atoms with Crippen LogP contribution in [-0.4, -0.2) is 49.7 Å². The van der Waals surface area contributed by atoms with Gasteiger partial charge in [0.1, 0.15) is 0 Å². The number of aliphatic hydroxyl groups is 1. The Morgan fingerprint density at radius 1 is 1.25 bits per heavy atom. The van der Waals surface area contributed by atoms with Crippen molar-refractivity contribution in [3.8, 4) is 0 Å². The zero-order valence-corrected chi connectivity index (χ0v) is 12.9. The van der Waals surface area contributed by atoms with E-state index in [4.69, 9.17) is 14.6 Å². The smallest absolute Gasteiger partial charge is 0.0741 e. The van der Waals surface area contributed by atoms with Crippen molar-refractivity contribution >= 4 is 0 Å². The molecule has 2 fully saturated rings. The van der Waals surface area contributed by atoms with Gasteiger partial charge in [-0.3, -0.25) is 0 Å². The monoisotopic (exact) mass is 285 g/mol.